The molecule has 0 saturated heterocycles. The van der Waals surface area contributed by atoms with Gasteiger partial charge < -0.3 is 9.73 Å². The number of nitrogens with one attached hydrogen (secondary N) is 1. The molecule has 0 radical (unpaired) electrons. The van der Waals surface area contributed by atoms with Crippen molar-refractivity contribution in [1.29, 1.82) is 0 Å². The lowest BCUT2D eigenvalue weighted by molar-refractivity contribution is 0.458. The molecule has 0 spiro atoms. The fourth-order valence-corrected chi connectivity index (χ4v) is 1.93. The summed E-state index contributed by atoms with van der Waals surface area (Å²) in [6, 6.07) is 6.33. The van der Waals surface area contributed by atoms with Crippen molar-refractivity contribution in [2.45, 2.75) is 33.4 Å². The number of halogens is 1. The SMILES string of the molecule is Cc1c(Br)cccc1-c1nnc(CNC(C)C)o1. The van der Waals surface area contributed by atoms with Gasteiger partial charge in [-0.2, -0.15) is 0 Å². The van der Waals surface area contributed by atoms with Crippen LogP contribution in [0.25, 0.3) is 11.5 Å². The topological polar surface area (TPSA) is 51.0 Å². The van der Waals surface area contributed by atoms with Crippen molar-refractivity contribution in [3.8, 4) is 11.5 Å². The number of benzene rings is 1. The van der Waals surface area contributed by atoms with Crippen LogP contribution in [0.3, 0.4) is 0 Å². The van der Waals surface area contributed by atoms with Crippen molar-refractivity contribution in [3.63, 3.8) is 0 Å². The van der Waals surface area contributed by atoms with Gasteiger partial charge in [0.2, 0.25) is 11.8 Å². The Labute approximate surface area is 115 Å². The summed E-state index contributed by atoms with van der Waals surface area (Å²) in [7, 11) is 0. The molecule has 2 rings (SSSR count). The lowest BCUT2D eigenvalue weighted by atomic mass is 10.1. The monoisotopic (exact) mass is 309 g/mol. The molecule has 0 bridgehead atoms. The van der Waals surface area contributed by atoms with Gasteiger partial charge >= 0.3 is 0 Å². The van der Waals surface area contributed by atoms with Crippen molar-refractivity contribution in [3.05, 3.63) is 34.1 Å². The number of nitrogens with zero attached hydrogens (tertiary/aromatic N) is 2. The minimum atomic E-state index is 0.396. The maximum Gasteiger partial charge on any atom is 0.248 e. The Morgan fingerprint density at radius 1 is 1.33 bits per heavy atom. The summed E-state index contributed by atoms with van der Waals surface area (Å²) >= 11 is 3.50. The molecule has 0 saturated carbocycles. The molecule has 4 nitrogen and oxygen atoms in total. The van der Waals surface area contributed by atoms with E-state index < -0.39 is 0 Å². The highest BCUT2D eigenvalue weighted by atomic mass is 79.9. The maximum atomic E-state index is 5.65. The fourth-order valence-electron chi connectivity index (χ4n) is 1.56. The van der Waals surface area contributed by atoms with E-state index >= 15 is 0 Å². The molecule has 0 aliphatic heterocycles. The van der Waals surface area contributed by atoms with E-state index in [0.717, 1.165) is 15.6 Å². The summed E-state index contributed by atoms with van der Waals surface area (Å²) in [5.41, 5.74) is 2.07. The first kappa shape index (κ1) is 13.2. The van der Waals surface area contributed by atoms with Crippen LogP contribution in [0.15, 0.2) is 27.1 Å². The smallest absolute Gasteiger partial charge is 0.248 e. The van der Waals surface area contributed by atoms with E-state index in [0.29, 0.717) is 24.4 Å². The van der Waals surface area contributed by atoms with Crippen LogP contribution in [0, 0.1) is 6.92 Å². The predicted octanol–water partition coefficient (Wildman–Crippen LogP) is 3.31. The summed E-state index contributed by atoms with van der Waals surface area (Å²) in [6.45, 7) is 6.78. The lowest BCUT2D eigenvalue weighted by Crippen LogP contribution is -2.21. The van der Waals surface area contributed by atoms with E-state index in [2.05, 4.69) is 45.3 Å². The van der Waals surface area contributed by atoms with Gasteiger partial charge in [-0.25, -0.2) is 0 Å². The van der Waals surface area contributed by atoms with Gasteiger partial charge in [0, 0.05) is 16.1 Å². The zero-order valence-electron chi connectivity index (χ0n) is 10.7. The van der Waals surface area contributed by atoms with Crippen molar-refractivity contribution in [2.75, 3.05) is 0 Å². The van der Waals surface area contributed by atoms with Crippen LogP contribution in [0.1, 0.15) is 25.3 Å². The van der Waals surface area contributed by atoms with Crippen molar-refractivity contribution >= 4 is 15.9 Å². The average molecular weight is 310 g/mol. The number of hydrogen-bond acceptors (Lipinski definition) is 4. The number of rotatable bonds is 4. The Balaban J connectivity index is 2.21. The minimum Gasteiger partial charge on any atom is -0.419 e. The first-order valence-electron chi connectivity index (χ1n) is 5.89. The quantitative estimate of drug-likeness (QED) is 0.941. The molecule has 1 aromatic heterocycles. The summed E-state index contributed by atoms with van der Waals surface area (Å²) in [6.07, 6.45) is 0. The second-order valence-corrected chi connectivity index (χ2v) is 5.30. The van der Waals surface area contributed by atoms with Gasteiger partial charge in [-0.3, -0.25) is 0 Å². The highest BCUT2D eigenvalue weighted by Crippen LogP contribution is 2.27. The molecule has 1 heterocycles. The molecule has 1 aromatic carbocycles. The summed E-state index contributed by atoms with van der Waals surface area (Å²) in [4.78, 5) is 0. The highest BCUT2D eigenvalue weighted by Gasteiger charge is 2.12. The maximum absolute atomic E-state index is 5.65. The third-order valence-electron chi connectivity index (χ3n) is 2.63. The summed E-state index contributed by atoms with van der Waals surface area (Å²) in [5.74, 6) is 1.17. The average Bonchev–Trinajstić information content (AvgIpc) is 2.78. The molecule has 0 aliphatic rings. The largest absolute Gasteiger partial charge is 0.419 e. The molecule has 96 valence electrons. The zero-order valence-corrected chi connectivity index (χ0v) is 12.3. The first-order chi connectivity index (χ1) is 8.58. The third kappa shape index (κ3) is 2.97. The number of aromatic nitrogens is 2. The molecule has 1 N–H and O–H groups in total. The van der Waals surface area contributed by atoms with Crippen molar-refractivity contribution in [2.24, 2.45) is 0 Å². The van der Waals surface area contributed by atoms with E-state index in [1.807, 2.05) is 25.1 Å². The molecule has 0 fully saturated rings. The van der Waals surface area contributed by atoms with E-state index in [-0.39, 0.29) is 0 Å². The minimum absolute atomic E-state index is 0.396. The molecule has 0 atom stereocenters. The zero-order chi connectivity index (χ0) is 13.1. The molecule has 0 amide bonds. The Bertz CT molecular complexity index is 537. The van der Waals surface area contributed by atoms with Crippen LogP contribution in [0.4, 0.5) is 0 Å². The Morgan fingerprint density at radius 2 is 2.11 bits per heavy atom. The fraction of sp³-hybridized carbons (Fsp3) is 0.385. The van der Waals surface area contributed by atoms with Gasteiger partial charge in [0.15, 0.2) is 0 Å². The van der Waals surface area contributed by atoms with E-state index in [9.17, 15) is 0 Å². The standard InChI is InChI=1S/C13H16BrN3O/c1-8(2)15-7-12-16-17-13(18-12)10-5-4-6-11(14)9(10)3/h4-6,8,15H,7H2,1-3H3. The van der Waals surface area contributed by atoms with Crippen molar-refractivity contribution in [1.82, 2.24) is 15.5 Å². The van der Waals surface area contributed by atoms with E-state index in [1.54, 1.807) is 0 Å². The van der Waals surface area contributed by atoms with E-state index in [4.69, 9.17) is 4.42 Å². The Morgan fingerprint density at radius 3 is 2.83 bits per heavy atom. The second-order valence-electron chi connectivity index (χ2n) is 4.45. The third-order valence-corrected chi connectivity index (χ3v) is 3.49. The van der Waals surface area contributed by atoms with Crippen LogP contribution in [-0.4, -0.2) is 16.2 Å². The first-order valence-corrected chi connectivity index (χ1v) is 6.68. The van der Waals surface area contributed by atoms with Gasteiger partial charge in [0.25, 0.3) is 0 Å². The summed E-state index contributed by atoms with van der Waals surface area (Å²) in [5, 5.41) is 11.4. The summed E-state index contributed by atoms with van der Waals surface area (Å²) < 4.78 is 6.69. The molecule has 0 unspecified atom stereocenters. The van der Waals surface area contributed by atoms with Gasteiger partial charge in [-0.1, -0.05) is 35.8 Å². The molecular formula is C13H16BrN3O. The normalized spacial score (nSPS) is 11.2. The molecule has 5 heteroatoms. The molecular weight excluding hydrogens is 294 g/mol. The molecule has 2 aromatic rings. The van der Waals surface area contributed by atoms with Gasteiger partial charge in [-0.15, -0.1) is 10.2 Å². The Hall–Kier alpha value is -1.20. The van der Waals surface area contributed by atoms with E-state index in [1.165, 1.54) is 0 Å². The second kappa shape index (κ2) is 5.63. The number of hydrogen-bond donors (Lipinski definition) is 1. The van der Waals surface area contributed by atoms with Gasteiger partial charge in [0.1, 0.15) is 0 Å². The van der Waals surface area contributed by atoms with Crippen LogP contribution in [0.2, 0.25) is 0 Å². The molecule has 0 aliphatic carbocycles. The van der Waals surface area contributed by atoms with Crippen LogP contribution in [0.5, 0.6) is 0 Å². The highest BCUT2D eigenvalue weighted by molar-refractivity contribution is 9.10. The van der Waals surface area contributed by atoms with Gasteiger partial charge in [0.05, 0.1) is 6.54 Å². The lowest BCUT2D eigenvalue weighted by Gasteiger charge is -2.04. The van der Waals surface area contributed by atoms with Crippen LogP contribution in [-0.2, 0) is 6.54 Å². The predicted molar refractivity (Wildman–Crippen MR) is 74.1 cm³/mol. The van der Waals surface area contributed by atoms with Crippen LogP contribution >= 0.6 is 15.9 Å². The molecule has 18 heavy (non-hydrogen) atoms. The van der Waals surface area contributed by atoms with Gasteiger partial charge in [-0.05, 0) is 24.6 Å². The van der Waals surface area contributed by atoms with Crippen molar-refractivity contribution < 1.29 is 4.42 Å². The Kier molecular flexibility index (Phi) is 4.14. The van der Waals surface area contributed by atoms with Crippen LogP contribution < -0.4 is 5.32 Å².